The summed E-state index contributed by atoms with van der Waals surface area (Å²) in [4.78, 5) is 19.8. The second kappa shape index (κ2) is 7.15. The van der Waals surface area contributed by atoms with Crippen LogP contribution in [0, 0.1) is 22.7 Å². The van der Waals surface area contributed by atoms with Gasteiger partial charge in [0, 0.05) is 18.9 Å². The van der Waals surface area contributed by atoms with Gasteiger partial charge < -0.3 is 20.8 Å². The number of allylic oxidation sites excluding steroid dienone is 1. The van der Waals surface area contributed by atoms with Crippen LogP contribution in [0.25, 0.3) is 10.2 Å². The number of nitrogens with zero attached hydrogens (tertiary/aromatic N) is 3. The quantitative estimate of drug-likeness (QED) is 0.570. The molecule has 1 aliphatic heterocycles. The van der Waals surface area contributed by atoms with E-state index in [1.54, 1.807) is 30.6 Å². The normalized spacial score (nSPS) is 15.2. The minimum Gasteiger partial charge on any atom is -0.438 e. The summed E-state index contributed by atoms with van der Waals surface area (Å²) in [6, 6.07) is 7.62. The highest BCUT2D eigenvalue weighted by Crippen LogP contribution is 2.47. The van der Waals surface area contributed by atoms with E-state index >= 15 is 0 Å². The molecule has 0 amide bonds. The third kappa shape index (κ3) is 2.81. The lowest BCUT2D eigenvalue weighted by molar-refractivity contribution is 0.397. The van der Waals surface area contributed by atoms with E-state index in [1.165, 1.54) is 11.3 Å². The molecule has 0 spiro atoms. The van der Waals surface area contributed by atoms with Gasteiger partial charge in [-0.3, -0.25) is 9.78 Å². The Morgan fingerprint density at radius 2 is 2.14 bits per heavy atom. The number of hydrogen-bond donors (Lipinski definition) is 3. The monoisotopic (exact) mass is 402 g/mol. The summed E-state index contributed by atoms with van der Waals surface area (Å²) >= 11 is 1.27. The number of pyridine rings is 2. The van der Waals surface area contributed by atoms with Gasteiger partial charge in [0.05, 0.1) is 21.7 Å². The second-order valence-electron chi connectivity index (χ2n) is 6.19. The average molecular weight is 402 g/mol. The Morgan fingerprint density at radius 3 is 2.79 bits per heavy atom. The van der Waals surface area contributed by atoms with Gasteiger partial charge in [0.15, 0.2) is 5.75 Å². The summed E-state index contributed by atoms with van der Waals surface area (Å²) in [6.07, 6.45) is 4.83. The standard InChI is InChI=1S/C20H14N6O2S/c1-2-5-25-20-12(9-22)15-17(29-20)16-14(19(27)26-15)13(10-3-6-24-7-4-10)11(8-21)18(23)28-16/h2-4,6-7,13,25H,1,5,23H2,(H,26,27)/t13-/m1/s1. The first-order valence-corrected chi connectivity index (χ1v) is 9.37. The Hall–Kier alpha value is -4.08. The third-order valence-electron chi connectivity index (χ3n) is 4.58. The first-order chi connectivity index (χ1) is 14.1. The van der Waals surface area contributed by atoms with Crippen molar-refractivity contribution in [3.63, 3.8) is 0 Å². The molecule has 4 rings (SSSR count). The lowest BCUT2D eigenvalue weighted by Crippen LogP contribution is -2.27. The molecule has 1 aliphatic rings. The Morgan fingerprint density at radius 1 is 1.38 bits per heavy atom. The summed E-state index contributed by atoms with van der Waals surface area (Å²) in [6.45, 7) is 4.11. The number of nitriles is 2. The molecule has 0 saturated carbocycles. The van der Waals surface area contributed by atoms with Gasteiger partial charge in [-0.15, -0.1) is 17.9 Å². The predicted molar refractivity (Wildman–Crippen MR) is 109 cm³/mol. The molecule has 3 aromatic heterocycles. The van der Waals surface area contributed by atoms with Crippen LogP contribution in [0.4, 0.5) is 5.00 Å². The molecule has 0 aliphatic carbocycles. The van der Waals surface area contributed by atoms with Gasteiger partial charge in [0.25, 0.3) is 5.56 Å². The number of anilines is 1. The predicted octanol–water partition coefficient (Wildman–Crippen LogP) is 2.67. The molecule has 3 aromatic rings. The van der Waals surface area contributed by atoms with E-state index < -0.39 is 11.5 Å². The zero-order valence-electron chi connectivity index (χ0n) is 15.0. The first kappa shape index (κ1) is 18.3. The van der Waals surface area contributed by atoms with E-state index in [1.807, 2.05) is 0 Å². The number of nitrogens with one attached hydrogen (secondary N) is 2. The van der Waals surface area contributed by atoms with E-state index in [4.69, 9.17) is 10.5 Å². The van der Waals surface area contributed by atoms with E-state index in [2.05, 4.69) is 34.0 Å². The molecular weight excluding hydrogens is 388 g/mol. The van der Waals surface area contributed by atoms with Crippen LogP contribution in [0.1, 0.15) is 22.6 Å². The number of nitrogens with two attached hydrogens (primary N) is 1. The minimum atomic E-state index is -0.697. The second-order valence-corrected chi connectivity index (χ2v) is 7.21. The number of aromatic nitrogens is 2. The number of hydrogen-bond acceptors (Lipinski definition) is 8. The summed E-state index contributed by atoms with van der Waals surface area (Å²) in [7, 11) is 0. The Balaban J connectivity index is 2.05. The largest absolute Gasteiger partial charge is 0.438 e. The number of thiophene rings is 1. The zero-order chi connectivity index (χ0) is 20.5. The fourth-order valence-corrected chi connectivity index (χ4v) is 4.45. The summed E-state index contributed by atoms with van der Waals surface area (Å²) in [5, 5.41) is 22.9. The van der Waals surface area contributed by atoms with Crippen LogP contribution >= 0.6 is 11.3 Å². The number of rotatable bonds is 4. The SMILES string of the molecule is C=CCNc1sc2c3c(c(=O)[nH]c2c1C#N)[C@H](c1ccncc1)C(C#N)=C(N)O3. The van der Waals surface area contributed by atoms with Crippen LogP contribution in [0.3, 0.4) is 0 Å². The van der Waals surface area contributed by atoms with Crippen molar-refractivity contribution in [2.24, 2.45) is 5.73 Å². The lowest BCUT2D eigenvalue weighted by Gasteiger charge is -2.25. The summed E-state index contributed by atoms with van der Waals surface area (Å²) in [5.74, 6) is -0.506. The Kier molecular flexibility index (Phi) is 4.51. The number of aromatic amines is 1. The molecule has 0 aromatic carbocycles. The molecular formula is C20H14N6O2S. The lowest BCUT2D eigenvalue weighted by atomic mass is 9.84. The van der Waals surface area contributed by atoms with Crippen LogP contribution in [-0.4, -0.2) is 16.5 Å². The van der Waals surface area contributed by atoms with Crippen molar-refractivity contribution in [2.45, 2.75) is 5.92 Å². The molecule has 0 fully saturated rings. The van der Waals surface area contributed by atoms with Crippen molar-refractivity contribution >= 4 is 26.6 Å². The van der Waals surface area contributed by atoms with E-state index in [0.717, 1.165) is 0 Å². The zero-order valence-corrected chi connectivity index (χ0v) is 15.8. The fraction of sp³-hybridized carbons (Fsp3) is 0.100. The van der Waals surface area contributed by atoms with Crippen molar-refractivity contribution in [1.29, 1.82) is 10.5 Å². The molecule has 0 radical (unpaired) electrons. The number of fused-ring (bicyclic) bond motifs is 3. The number of H-pyrrole nitrogens is 1. The minimum absolute atomic E-state index is 0.0683. The molecule has 9 heteroatoms. The van der Waals surface area contributed by atoms with Crippen molar-refractivity contribution in [1.82, 2.24) is 9.97 Å². The van der Waals surface area contributed by atoms with E-state index in [-0.39, 0.29) is 22.8 Å². The molecule has 4 heterocycles. The maximum atomic E-state index is 13.1. The Labute approximate surface area is 169 Å². The van der Waals surface area contributed by atoms with Gasteiger partial charge in [-0.05, 0) is 17.7 Å². The van der Waals surface area contributed by atoms with E-state index in [9.17, 15) is 15.3 Å². The van der Waals surface area contributed by atoms with Gasteiger partial charge in [-0.25, -0.2) is 0 Å². The molecule has 8 nitrogen and oxygen atoms in total. The van der Waals surface area contributed by atoms with Gasteiger partial charge in [0.1, 0.15) is 28.3 Å². The van der Waals surface area contributed by atoms with Crippen LogP contribution in [0.2, 0.25) is 0 Å². The molecule has 0 saturated heterocycles. The topological polar surface area (TPSA) is 141 Å². The molecule has 29 heavy (non-hydrogen) atoms. The average Bonchev–Trinajstić information content (AvgIpc) is 3.09. The van der Waals surface area contributed by atoms with Gasteiger partial charge in [-0.2, -0.15) is 10.5 Å². The number of ether oxygens (including phenoxy) is 1. The van der Waals surface area contributed by atoms with Gasteiger partial charge in [-0.1, -0.05) is 6.08 Å². The van der Waals surface area contributed by atoms with Gasteiger partial charge >= 0.3 is 0 Å². The third-order valence-corrected chi connectivity index (χ3v) is 5.72. The van der Waals surface area contributed by atoms with E-state index in [0.29, 0.717) is 32.9 Å². The molecule has 4 N–H and O–H groups in total. The highest BCUT2D eigenvalue weighted by atomic mass is 32.1. The van der Waals surface area contributed by atoms with Crippen LogP contribution in [0.15, 0.2) is 53.4 Å². The van der Waals surface area contributed by atoms with Crippen molar-refractivity contribution < 1.29 is 4.74 Å². The highest BCUT2D eigenvalue weighted by molar-refractivity contribution is 7.23. The molecule has 1 atom stereocenters. The Bertz CT molecular complexity index is 1310. The highest BCUT2D eigenvalue weighted by Gasteiger charge is 2.35. The smallest absolute Gasteiger partial charge is 0.256 e. The molecule has 142 valence electrons. The molecule has 0 bridgehead atoms. The van der Waals surface area contributed by atoms with Crippen molar-refractivity contribution in [3.05, 3.63) is 75.7 Å². The summed E-state index contributed by atoms with van der Waals surface area (Å²) in [5.41, 5.74) is 7.40. The summed E-state index contributed by atoms with van der Waals surface area (Å²) < 4.78 is 6.32. The molecule has 0 unspecified atom stereocenters. The maximum absolute atomic E-state index is 13.1. The van der Waals surface area contributed by atoms with Crippen molar-refractivity contribution in [3.8, 4) is 17.9 Å². The fourth-order valence-electron chi connectivity index (χ4n) is 3.34. The maximum Gasteiger partial charge on any atom is 0.256 e. The van der Waals surface area contributed by atoms with Gasteiger partial charge in [0.2, 0.25) is 5.88 Å². The van der Waals surface area contributed by atoms with Crippen molar-refractivity contribution in [2.75, 3.05) is 11.9 Å². The first-order valence-electron chi connectivity index (χ1n) is 8.55. The van der Waals surface area contributed by atoms with Crippen LogP contribution < -0.4 is 21.3 Å². The van der Waals surface area contributed by atoms with Crippen LogP contribution in [0.5, 0.6) is 5.75 Å². The van der Waals surface area contributed by atoms with Crippen LogP contribution in [-0.2, 0) is 0 Å².